The second kappa shape index (κ2) is 5.33. The van der Waals surface area contributed by atoms with Crippen LogP contribution in [0.25, 0.3) is 0 Å². The maximum absolute atomic E-state index is 5.44. The van der Waals surface area contributed by atoms with Crippen molar-refractivity contribution < 1.29 is 0 Å². The molecule has 0 saturated heterocycles. The predicted octanol–water partition coefficient (Wildman–Crippen LogP) is 2.06. The van der Waals surface area contributed by atoms with E-state index in [1.165, 1.54) is 0 Å². The molecular formula is C5H8I2N2. The van der Waals surface area contributed by atoms with Gasteiger partial charge in [-0.05, 0) is 58.3 Å². The van der Waals surface area contributed by atoms with E-state index in [2.05, 4.69) is 50.5 Å². The first kappa shape index (κ1) is 9.54. The van der Waals surface area contributed by atoms with Gasteiger partial charge in [-0.2, -0.15) is 0 Å². The summed E-state index contributed by atoms with van der Waals surface area (Å²) in [7, 11) is 0. The minimum Gasteiger partial charge on any atom is -0.392 e. The van der Waals surface area contributed by atoms with E-state index in [1.807, 2.05) is 19.2 Å². The van der Waals surface area contributed by atoms with Crippen LogP contribution >= 0.6 is 45.2 Å². The van der Waals surface area contributed by atoms with Gasteiger partial charge in [-0.25, -0.2) is 0 Å². The van der Waals surface area contributed by atoms with E-state index < -0.39 is 0 Å². The lowest BCUT2D eigenvalue weighted by Gasteiger charge is -1.97. The van der Waals surface area contributed by atoms with Gasteiger partial charge in [-0.1, -0.05) is 6.08 Å². The average molecular weight is 350 g/mol. The van der Waals surface area contributed by atoms with Crippen molar-refractivity contribution in [3.63, 3.8) is 0 Å². The number of nitrogens with one attached hydrogen (secondary N) is 1. The highest BCUT2D eigenvalue weighted by Gasteiger charge is 1.88. The molecule has 0 aliphatic carbocycles. The molecule has 0 fully saturated rings. The van der Waals surface area contributed by atoms with Gasteiger partial charge in [0.05, 0.1) is 0 Å². The van der Waals surface area contributed by atoms with Crippen molar-refractivity contribution in [2.75, 3.05) is 0 Å². The van der Waals surface area contributed by atoms with Crippen LogP contribution < -0.4 is 11.1 Å². The van der Waals surface area contributed by atoms with Crippen molar-refractivity contribution in [1.29, 1.82) is 0 Å². The zero-order valence-corrected chi connectivity index (χ0v) is 9.30. The van der Waals surface area contributed by atoms with Crippen LogP contribution in [0.2, 0.25) is 0 Å². The van der Waals surface area contributed by atoms with E-state index in [4.69, 9.17) is 5.73 Å². The molecule has 2 nitrogen and oxygen atoms in total. The first-order valence-electron chi connectivity index (χ1n) is 2.37. The predicted molar refractivity (Wildman–Crippen MR) is 57.2 cm³/mol. The molecule has 0 spiro atoms. The van der Waals surface area contributed by atoms with E-state index in [-0.39, 0.29) is 0 Å². The molecule has 4 heteroatoms. The molecule has 0 atom stereocenters. The van der Waals surface area contributed by atoms with Crippen molar-refractivity contribution >= 4 is 45.2 Å². The Morgan fingerprint density at radius 1 is 1.56 bits per heavy atom. The molecule has 3 N–H and O–H groups in total. The van der Waals surface area contributed by atoms with Crippen LogP contribution in [0.5, 0.6) is 0 Å². The van der Waals surface area contributed by atoms with Gasteiger partial charge in [-0.3, -0.25) is 0 Å². The molecule has 52 valence electrons. The lowest BCUT2D eigenvalue weighted by atomic mass is 10.7. The lowest BCUT2D eigenvalue weighted by molar-refractivity contribution is 1.16. The largest absolute Gasteiger partial charge is 0.392 e. The van der Waals surface area contributed by atoms with E-state index in [1.54, 1.807) is 0 Å². The quantitative estimate of drug-likeness (QED) is 0.591. The summed E-state index contributed by atoms with van der Waals surface area (Å²) >= 11 is 4.20. The van der Waals surface area contributed by atoms with Gasteiger partial charge < -0.3 is 11.1 Å². The summed E-state index contributed by atoms with van der Waals surface area (Å²) < 4.78 is 1.75. The van der Waals surface area contributed by atoms with E-state index in [0.29, 0.717) is 0 Å². The van der Waals surface area contributed by atoms with Gasteiger partial charge >= 0.3 is 0 Å². The fourth-order valence-electron chi connectivity index (χ4n) is 0.225. The fourth-order valence-corrected chi connectivity index (χ4v) is 0.561. The summed E-state index contributed by atoms with van der Waals surface area (Å²) in [4.78, 5) is 0. The van der Waals surface area contributed by atoms with E-state index >= 15 is 0 Å². The Labute approximate surface area is 82.2 Å². The summed E-state index contributed by atoms with van der Waals surface area (Å²) in [5.41, 5.74) is 5.44. The summed E-state index contributed by atoms with van der Waals surface area (Å²) in [6.45, 7) is 1.94. The van der Waals surface area contributed by atoms with Crippen LogP contribution in [-0.4, -0.2) is 0 Å². The summed E-state index contributed by atoms with van der Waals surface area (Å²) in [6.07, 6.45) is 3.76. The molecule has 0 aromatic rings. The first-order valence-corrected chi connectivity index (χ1v) is 4.52. The third-order valence-electron chi connectivity index (χ3n) is 0.586. The first-order chi connectivity index (χ1) is 4.18. The molecule has 0 radical (unpaired) electrons. The van der Waals surface area contributed by atoms with Gasteiger partial charge in [0, 0.05) is 0 Å². The second-order valence-electron chi connectivity index (χ2n) is 1.31. The molecule has 9 heavy (non-hydrogen) atoms. The summed E-state index contributed by atoms with van der Waals surface area (Å²) in [6, 6.07) is 0. The van der Waals surface area contributed by atoms with Crippen molar-refractivity contribution in [1.82, 2.24) is 5.32 Å². The molecule has 0 heterocycles. The van der Waals surface area contributed by atoms with Crippen LogP contribution in [0.1, 0.15) is 6.92 Å². The zero-order chi connectivity index (χ0) is 7.28. The van der Waals surface area contributed by atoms with Crippen LogP contribution in [-0.2, 0) is 0 Å². The van der Waals surface area contributed by atoms with Crippen LogP contribution in [0.15, 0.2) is 19.7 Å². The number of hydrogen-bond donors (Lipinski definition) is 2. The number of allylic oxidation sites excluding steroid dienone is 1. The second-order valence-corrected chi connectivity index (χ2v) is 3.55. The normalized spacial score (nSPS) is 13.7. The van der Waals surface area contributed by atoms with Crippen molar-refractivity contribution in [2.24, 2.45) is 5.73 Å². The number of rotatable bonds is 2. The van der Waals surface area contributed by atoms with Crippen molar-refractivity contribution in [3.05, 3.63) is 19.7 Å². The Hall–Kier alpha value is 0.540. The fraction of sp³-hybridized carbons (Fsp3) is 0.200. The van der Waals surface area contributed by atoms with Crippen LogP contribution in [0, 0.1) is 0 Å². The maximum atomic E-state index is 5.44. The van der Waals surface area contributed by atoms with Crippen molar-refractivity contribution in [2.45, 2.75) is 6.92 Å². The highest BCUT2D eigenvalue weighted by molar-refractivity contribution is 14.1. The van der Waals surface area contributed by atoms with Gasteiger partial charge in [-0.15, -0.1) is 0 Å². The molecule has 0 rings (SSSR count). The van der Waals surface area contributed by atoms with Gasteiger partial charge in [0.2, 0.25) is 0 Å². The van der Waals surface area contributed by atoms with Gasteiger partial charge in [0.1, 0.15) is 7.41 Å². The number of halogens is 2. The number of nitrogens with two attached hydrogens (primary N) is 1. The zero-order valence-electron chi connectivity index (χ0n) is 4.99. The van der Waals surface area contributed by atoms with E-state index in [9.17, 15) is 0 Å². The molecule has 0 saturated carbocycles. The third kappa shape index (κ3) is 5.01. The Morgan fingerprint density at radius 3 is 2.44 bits per heavy atom. The molecule has 0 unspecified atom stereocenters. The topological polar surface area (TPSA) is 38.0 Å². The Balaban J connectivity index is 3.77. The van der Waals surface area contributed by atoms with E-state index in [0.717, 1.165) is 7.41 Å². The average Bonchev–Trinajstić information content (AvgIpc) is 1.82. The highest BCUT2D eigenvalue weighted by Crippen LogP contribution is 2.09. The summed E-state index contributed by atoms with van der Waals surface area (Å²) in [5, 5.41) is 2.98. The minimum atomic E-state index is 0.784. The SMILES string of the molecule is C/C=C\N/C(I)=C(\N)I. The summed E-state index contributed by atoms with van der Waals surface area (Å²) in [5.74, 6) is 0. The number of hydrogen-bond acceptors (Lipinski definition) is 2. The standard InChI is InChI=1S/C5H8I2N2/c1-2-3-9-5(7)4(6)8/h2-3,9H,8H2,1H3/b3-2-,5-4-. The maximum Gasteiger partial charge on any atom is 0.107 e. The van der Waals surface area contributed by atoms with Crippen molar-refractivity contribution in [3.8, 4) is 0 Å². The van der Waals surface area contributed by atoms with Gasteiger partial charge in [0.15, 0.2) is 0 Å². The molecule has 0 aliphatic heterocycles. The molecule has 0 bridgehead atoms. The Bertz CT molecular complexity index is 136. The van der Waals surface area contributed by atoms with Gasteiger partial charge in [0.25, 0.3) is 0 Å². The molecule has 0 amide bonds. The molecular weight excluding hydrogens is 342 g/mol. The lowest BCUT2D eigenvalue weighted by Crippen LogP contribution is -2.03. The monoisotopic (exact) mass is 350 g/mol. The molecule has 0 aromatic carbocycles. The van der Waals surface area contributed by atoms with Crippen LogP contribution in [0.4, 0.5) is 0 Å². The molecule has 0 aliphatic rings. The minimum absolute atomic E-state index is 0.784. The highest BCUT2D eigenvalue weighted by atomic mass is 127. The Kier molecular flexibility index (Phi) is 5.65. The third-order valence-corrected chi connectivity index (χ3v) is 3.05. The Morgan fingerprint density at radius 2 is 2.11 bits per heavy atom. The smallest absolute Gasteiger partial charge is 0.107 e. The molecule has 0 aromatic heterocycles. The van der Waals surface area contributed by atoms with Crippen LogP contribution in [0.3, 0.4) is 0 Å².